The highest BCUT2D eigenvalue weighted by Gasteiger charge is 2.59. The predicted octanol–water partition coefficient (Wildman–Crippen LogP) is -0.961. The number of carbonyl (C=O) groups is 1. The van der Waals surface area contributed by atoms with E-state index in [2.05, 4.69) is 66.7 Å². The number of phosphoric ester groups is 2. The minimum Gasteiger partial charge on any atom is -0.387 e. The Morgan fingerprint density at radius 1 is 0.438 bits per heavy atom. The first-order valence-electron chi connectivity index (χ1n) is 44.7. The quantitative estimate of drug-likeness (QED) is 0.0161. The van der Waals surface area contributed by atoms with Crippen LogP contribution in [0, 0.1) is 13.8 Å². The number of aryl methyl sites for hydroxylation is 2. The molecule has 0 radical (unpaired) electrons. The van der Waals surface area contributed by atoms with Gasteiger partial charge in [-0.2, -0.15) is 15.0 Å². The van der Waals surface area contributed by atoms with Crippen LogP contribution < -0.4 is 50.9 Å². The van der Waals surface area contributed by atoms with Crippen LogP contribution in [-0.4, -0.2) is 363 Å². The number of anilines is 5. The lowest BCUT2D eigenvalue weighted by molar-refractivity contribution is -0.121. The van der Waals surface area contributed by atoms with E-state index >= 15 is 4.57 Å². The fourth-order valence-corrected chi connectivity index (χ4v) is 23.1. The van der Waals surface area contributed by atoms with E-state index in [1.807, 2.05) is 0 Å². The third-order valence-electron chi connectivity index (χ3n) is 23.8. The van der Waals surface area contributed by atoms with Crippen LogP contribution >= 0.6 is 35.8 Å². The number of carbonyl (C=O) groups excluding carboxylic acids is 1. The van der Waals surface area contributed by atoms with Crippen LogP contribution in [0.25, 0.3) is 33.5 Å². The molecule has 0 aromatic carbocycles. The number of nitrogens with one attached hydrogen (secondary N) is 2. The maximum atomic E-state index is 15.3. The molecular weight excluding hydrogens is 2110 g/mol. The number of ether oxygens (including phenoxy) is 16. The highest BCUT2D eigenvalue weighted by Crippen LogP contribution is 2.58. The largest absolute Gasteiger partial charge is 0.472 e. The second-order valence-corrected chi connectivity index (χ2v) is 44.7. The molecule has 0 spiro atoms. The molecule has 8 aromatic rings. The molecule has 11 unspecified atom stereocenters. The van der Waals surface area contributed by atoms with Crippen LogP contribution in [0.1, 0.15) is 69.0 Å². The number of methoxy groups -OCH3 is 5. The van der Waals surface area contributed by atoms with Crippen molar-refractivity contribution >= 4 is 140 Å². The van der Waals surface area contributed by atoms with Gasteiger partial charge in [0.25, 0.3) is 11.5 Å². The zero-order valence-corrected chi connectivity index (χ0v) is 86.3. The number of imidazole rings is 3. The summed E-state index contributed by atoms with van der Waals surface area (Å²) in [6, 6.07) is 0. The average molecular weight is 2220 g/mol. The lowest BCUT2D eigenvalue weighted by Gasteiger charge is -2.35. The predicted molar refractivity (Wildman–Crippen MR) is 511 cm³/mol. The number of fused-ring (bicyclic) bond motifs is 3. The van der Waals surface area contributed by atoms with Crippen LogP contribution in [0.15, 0.2) is 82.6 Å². The second kappa shape index (κ2) is 48.4. The number of rotatable bonds is 52. The SMILES string of the molecule is C=C1NC(=O)C(C)=CN1[C@@H]1O[C@H](COP(O)(=S)OC2[C@@H](COP(O)(=S)OC3[C@@H](COP(O)(=S)OC4[C@@H](COP(=O)(O)OC5[C@@H](COP(=O)(O)OC6C[C@H](n7cnc8c(N)ncnc87)O[C@@H]6CC)O[C@@H](n6cc(C)c(N)nc6=O)[C@H]5OCCOC)O[C@@H](n5cnc6c(N)ncnc65)[C@H]4OCCOC)O[C@@H](n4cnc5c(=O)[nH]c(N)nc54)[C@H]3OCCOC)O[C@@H](n3cc(C)c(N)nc3=O)[C@H]2OCCOC)C(O)[C@@H]1OCCOC. The number of amides is 1. The van der Waals surface area contributed by atoms with Crippen molar-refractivity contribution in [1.29, 1.82) is 0 Å². The monoisotopic (exact) mass is 2220 g/mol. The van der Waals surface area contributed by atoms with Gasteiger partial charge in [0.15, 0.2) is 65.2 Å². The lowest BCUT2D eigenvalue weighted by Crippen LogP contribution is -2.48. The molecule has 7 aliphatic rings. The van der Waals surface area contributed by atoms with Crippen molar-refractivity contribution in [3.63, 3.8) is 0 Å². The molecule has 15 rings (SSSR count). The Balaban J connectivity index is 0.723. The molecule has 0 saturated carbocycles. The van der Waals surface area contributed by atoms with Gasteiger partial charge in [0.2, 0.25) is 5.95 Å². The van der Waals surface area contributed by atoms with E-state index in [1.54, 1.807) is 11.5 Å². The summed E-state index contributed by atoms with van der Waals surface area (Å²) in [5, 5.41) is 14.5. The Labute approximate surface area is 843 Å². The molecule has 6 saturated heterocycles. The van der Waals surface area contributed by atoms with E-state index in [4.69, 9.17) is 185 Å². The molecule has 28 atom stereocenters. The molecular formula is C77H112N23O38P5S3. The molecule has 61 nitrogen and oxygen atoms in total. The first-order chi connectivity index (χ1) is 69.6. The molecule has 18 N–H and O–H groups in total. The number of aliphatic hydroxyl groups excluding tert-OH is 1. The van der Waals surface area contributed by atoms with Crippen molar-refractivity contribution in [2.75, 3.05) is 163 Å². The maximum Gasteiger partial charge on any atom is 0.472 e. The van der Waals surface area contributed by atoms with Crippen molar-refractivity contribution in [1.82, 2.24) is 87.9 Å². The normalized spacial score (nSPS) is 29.7. The van der Waals surface area contributed by atoms with Gasteiger partial charge in [-0.15, -0.1) is 0 Å². The van der Waals surface area contributed by atoms with Crippen LogP contribution in [0.4, 0.5) is 29.2 Å². The molecule has 15 heterocycles. The van der Waals surface area contributed by atoms with Crippen LogP contribution in [0.3, 0.4) is 0 Å². The summed E-state index contributed by atoms with van der Waals surface area (Å²) >= 11 is 17.5. The zero-order chi connectivity index (χ0) is 105. The fourth-order valence-electron chi connectivity index (χ4n) is 16.9. The number of hydrogen-bond acceptors (Lipinski definition) is 52. The van der Waals surface area contributed by atoms with Gasteiger partial charge >= 0.3 is 47.2 Å². The molecule has 806 valence electrons. The summed E-state index contributed by atoms with van der Waals surface area (Å²) in [5.41, 5.74) is 28.8. The minimum atomic E-state index is -5.80. The third kappa shape index (κ3) is 26.0. The smallest absolute Gasteiger partial charge is 0.387 e. The molecule has 1 amide bonds. The number of nitrogen functional groups attached to an aromatic ring is 5. The first kappa shape index (κ1) is 112. The van der Waals surface area contributed by atoms with Crippen LogP contribution in [0.5, 0.6) is 0 Å². The number of nitrogens with zero attached hydrogens (tertiary/aromatic N) is 16. The fraction of sp³-hybridized carbons (Fsp3) is 0.636. The first-order valence-corrected chi connectivity index (χ1v) is 55.5. The standard InChI is InChI=1S/C77H112N23O38P5S3/c1-11-40-41(22-47(128-40)98-33-87-48-63(80)83-31-85-65(48)98)134-139(106,107)123-27-43-52(57(119-18-13-114-7)71(130-43)96-23-36(2)61(78)91-76(96)104)135-140(108,109)124-28-44-53(59(121-20-15-116-9)73(132-44)99-34-88-49-64(81)84-32-86-66(49)99)136-142(111,145)127-30-46-55(60(122-21-16-117-10)74(133-46)100-35-89-50-67(100)93-75(82)94-69(50)103)138-143(112,146)126-29-45-54(58(120-19-14-115-8)72(131-45)97-24-37(3)62(79)92-77(97)105)137-141(110,144)125-26-42-51(101)56(118-17-12-113-6)70(129-42)95-25-38(4)68(102)90-39(95)5/h23-25,31-35,40-47,51-60,70-74,101H,5,11-22,26-30H2,1-4,6-10H3,(H,90,102)(H,106,107)(H,108,109)(H,110,144)(H,111,145)(H,112,146)(H2,78,91,104)(H2,79,92,105)(H2,80,83,85)(H2,81,84,86)(H3,82,93,94,103)/t40-,41?,42-,43-,44-,45-,46-,47-,51?,52?,53?,54?,55?,56+,57+,58+,59+,60+,70-,71-,72-,73-,74-,141?,142?,143?/m1/s1. The highest BCUT2D eigenvalue weighted by atomic mass is 32.5. The van der Waals surface area contributed by atoms with Crippen molar-refractivity contribution < 1.29 is 165 Å². The summed E-state index contributed by atoms with van der Waals surface area (Å²) in [4.78, 5) is 162. The van der Waals surface area contributed by atoms with Gasteiger partial charge in [-0.25, -0.2) is 53.6 Å². The van der Waals surface area contributed by atoms with E-state index in [1.165, 1.54) is 108 Å². The minimum absolute atomic E-state index is 0.0161. The number of nitrogens with two attached hydrogens (primary N) is 5. The summed E-state index contributed by atoms with van der Waals surface area (Å²) in [6.07, 6.45) is -25.0. The number of aromatic nitrogens is 16. The Kier molecular flexibility index (Phi) is 37.2. The van der Waals surface area contributed by atoms with Gasteiger partial charge in [0.1, 0.15) is 139 Å². The number of phosphoric acid groups is 2. The summed E-state index contributed by atoms with van der Waals surface area (Å²) in [6.45, 7) is -11.1. The van der Waals surface area contributed by atoms with Crippen LogP contribution in [0.2, 0.25) is 0 Å². The number of aromatic amines is 1. The van der Waals surface area contributed by atoms with Crippen molar-refractivity contribution in [2.24, 2.45) is 0 Å². The molecule has 146 heavy (non-hydrogen) atoms. The molecule has 8 aromatic heterocycles. The van der Waals surface area contributed by atoms with E-state index in [0.717, 1.165) is 21.8 Å². The van der Waals surface area contributed by atoms with E-state index in [9.17, 15) is 53.3 Å². The van der Waals surface area contributed by atoms with Gasteiger partial charge in [0, 0.05) is 77.3 Å². The zero-order valence-electron chi connectivity index (χ0n) is 79.4. The summed E-state index contributed by atoms with van der Waals surface area (Å²) in [7, 11) is -4.23. The van der Waals surface area contributed by atoms with Gasteiger partial charge in [-0.3, -0.25) is 69.1 Å². The van der Waals surface area contributed by atoms with Gasteiger partial charge in [0.05, 0.1) is 130 Å². The molecule has 0 aliphatic carbocycles. The highest BCUT2D eigenvalue weighted by molar-refractivity contribution is 8.07. The van der Waals surface area contributed by atoms with Crippen molar-refractivity contribution in [3.05, 3.63) is 111 Å². The summed E-state index contributed by atoms with van der Waals surface area (Å²) in [5.74, 6) is -1.12. The Bertz CT molecular complexity index is 6420. The number of hydrogen-bond donors (Lipinski definition) is 13. The number of aliphatic hydroxyl groups is 1. The topological polar surface area (TPSA) is 778 Å². The van der Waals surface area contributed by atoms with Gasteiger partial charge < -0.3 is 158 Å². The molecule has 6 fully saturated rings. The van der Waals surface area contributed by atoms with E-state index in [0.29, 0.717) is 5.65 Å². The Morgan fingerprint density at radius 3 is 1.25 bits per heavy atom. The van der Waals surface area contributed by atoms with Crippen molar-refractivity contribution in [3.8, 4) is 0 Å². The van der Waals surface area contributed by atoms with Crippen LogP contribution in [-0.2, 0) is 170 Å². The average Bonchev–Trinajstić information content (AvgIpc) is 1.55. The summed E-state index contributed by atoms with van der Waals surface area (Å²) < 4.78 is 194. The lowest BCUT2D eigenvalue weighted by atomic mass is 10.1. The van der Waals surface area contributed by atoms with Gasteiger partial charge in [-0.05, 0) is 62.6 Å². The maximum absolute atomic E-state index is 15.3. The van der Waals surface area contributed by atoms with E-state index < -0.39 is 233 Å². The number of H-pyrrole nitrogens is 1. The van der Waals surface area contributed by atoms with Crippen molar-refractivity contribution in [2.45, 2.75) is 182 Å². The molecule has 7 aliphatic heterocycles. The molecule has 69 heteroatoms. The van der Waals surface area contributed by atoms with E-state index in [-0.39, 0.29) is 158 Å². The molecule has 0 bridgehead atoms. The second-order valence-electron chi connectivity index (χ2n) is 33.5. The Morgan fingerprint density at radius 2 is 0.815 bits per heavy atom. The van der Waals surface area contributed by atoms with Gasteiger partial charge in [-0.1, -0.05) is 13.5 Å². The Hall–Kier alpha value is -7.91. The third-order valence-corrected chi connectivity index (χ3v) is 30.5.